The van der Waals surface area contributed by atoms with Crippen LogP contribution in [0.2, 0.25) is 0 Å². The highest BCUT2D eigenvalue weighted by molar-refractivity contribution is 4.89. The molecule has 3 heteroatoms. The van der Waals surface area contributed by atoms with Crippen molar-refractivity contribution in [2.75, 3.05) is 0 Å². The maximum absolute atomic E-state index is 5.93. The molecule has 0 radical (unpaired) electrons. The number of hydrogen-bond donors (Lipinski definition) is 1. The van der Waals surface area contributed by atoms with Crippen molar-refractivity contribution < 1.29 is 0 Å². The molecule has 0 amide bonds. The summed E-state index contributed by atoms with van der Waals surface area (Å²) in [4.78, 5) is 4.14. The first-order chi connectivity index (χ1) is 5.61. The summed E-state index contributed by atoms with van der Waals surface area (Å²) in [5.41, 5.74) is 5.93. The average Bonchev–Trinajstić information content (AvgIpc) is 2.36. The number of nitrogens with two attached hydrogens (primary N) is 1. The van der Waals surface area contributed by atoms with E-state index in [4.69, 9.17) is 5.73 Å². The van der Waals surface area contributed by atoms with Gasteiger partial charge in [-0.15, -0.1) is 0 Å². The lowest BCUT2D eigenvalue weighted by Gasteiger charge is -2.16. The highest BCUT2D eigenvalue weighted by Crippen LogP contribution is 2.03. The first-order valence-corrected chi connectivity index (χ1v) is 4.34. The largest absolute Gasteiger partial charge is 0.334 e. The van der Waals surface area contributed by atoms with Crippen molar-refractivity contribution in [2.24, 2.45) is 11.7 Å². The second-order valence-electron chi connectivity index (χ2n) is 3.53. The molecular weight excluding hydrogens is 150 g/mol. The second kappa shape index (κ2) is 3.72. The van der Waals surface area contributed by atoms with E-state index in [0.29, 0.717) is 5.92 Å². The third kappa shape index (κ3) is 2.08. The van der Waals surface area contributed by atoms with Crippen molar-refractivity contribution in [1.29, 1.82) is 0 Å². The molecule has 68 valence electrons. The number of rotatable bonds is 3. The van der Waals surface area contributed by atoms with Gasteiger partial charge in [-0.1, -0.05) is 13.8 Å². The Labute approximate surface area is 73.6 Å². The Morgan fingerprint density at radius 1 is 1.58 bits per heavy atom. The summed E-state index contributed by atoms with van der Waals surface area (Å²) in [6.45, 7) is 7.13. The Kier molecular flexibility index (Phi) is 2.87. The normalized spacial score (nSPS) is 13.8. The molecule has 0 aliphatic heterocycles. The summed E-state index contributed by atoms with van der Waals surface area (Å²) in [6, 6.07) is 0.220. The minimum absolute atomic E-state index is 0.220. The first kappa shape index (κ1) is 9.26. The molecule has 0 saturated carbocycles. The number of aromatic nitrogens is 2. The summed E-state index contributed by atoms with van der Waals surface area (Å²) >= 11 is 0. The van der Waals surface area contributed by atoms with Crippen molar-refractivity contribution >= 4 is 0 Å². The molecule has 1 heterocycles. The van der Waals surface area contributed by atoms with Gasteiger partial charge in [-0.2, -0.15) is 0 Å². The maximum Gasteiger partial charge on any atom is 0.105 e. The van der Waals surface area contributed by atoms with Gasteiger partial charge in [-0.3, -0.25) is 0 Å². The van der Waals surface area contributed by atoms with E-state index in [2.05, 4.69) is 23.4 Å². The lowest BCUT2D eigenvalue weighted by molar-refractivity contribution is 0.429. The molecule has 0 saturated heterocycles. The number of nitrogens with zero attached hydrogens (tertiary/aromatic N) is 2. The van der Waals surface area contributed by atoms with Crippen LogP contribution in [0, 0.1) is 12.8 Å². The summed E-state index contributed by atoms with van der Waals surface area (Å²) < 4.78 is 2.09. The van der Waals surface area contributed by atoms with Gasteiger partial charge in [0.05, 0.1) is 0 Å². The zero-order valence-electron chi connectivity index (χ0n) is 7.99. The predicted molar refractivity (Wildman–Crippen MR) is 49.8 cm³/mol. The lowest BCUT2D eigenvalue weighted by Crippen LogP contribution is -2.31. The lowest BCUT2D eigenvalue weighted by atomic mass is 10.1. The molecule has 1 aromatic rings. The van der Waals surface area contributed by atoms with Gasteiger partial charge in [0.15, 0.2) is 0 Å². The summed E-state index contributed by atoms with van der Waals surface area (Å²) in [5, 5.41) is 0. The molecule has 1 unspecified atom stereocenters. The zero-order valence-corrected chi connectivity index (χ0v) is 7.99. The third-order valence-corrected chi connectivity index (χ3v) is 2.19. The molecule has 0 bridgehead atoms. The molecule has 1 aromatic heterocycles. The van der Waals surface area contributed by atoms with Gasteiger partial charge in [-0.05, 0) is 12.8 Å². The second-order valence-corrected chi connectivity index (χ2v) is 3.53. The van der Waals surface area contributed by atoms with Crippen LogP contribution in [-0.2, 0) is 6.54 Å². The standard InChI is InChI=1S/C9H17N3/c1-7(2)9(10)6-12-5-4-11-8(12)3/h4-5,7,9H,6,10H2,1-3H3. The van der Waals surface area contributed by atoms with Crippen LogP contribution in [0.15, 0.2) is 12.4 Å². The van der Waals surface area contributed by atoms with Gasteiger partial charge >= 0.3 is 0 Å². The van der Waals surface area contributed by atoms with E-state index in [1.54, 1.807) is 0 Å². The van der Waals surface area contributed by atoms with Crippen LogP contribution in [-0.4, -0.2) is 15.6 Å². The Bertz CT molecular complexity index is 240. The van der Waals surface area contributed by atoms with Crippen molar-refractivity contribution in [3.63, 3.8) is 0 Å². The predicted octanol–water partition coefficient (Wildman–Crippen LogP) is 1.17. The Balaban J connectivity index is 2.58. The van der Waals surface area contributed by atoms with Crippen molar-refractivity contribution in [3.8, 4) is 0 Å². The fraction of sp³-hybridized carbons (Fsp3) is 0.667. The SMILES string of the molecule is Cc1nccn1CC(N)C(C)C. The van der Waals surface area contributed by atoms with Gasteiger partial charge in [0.25, 0.3) is 0 Å². The molecule has 0 aromatic carbocycles. The molecule has 1 atom stereocenters. The van der Waals surface area contributed by atoms with E-state index in [0.717, 1.165) is 12.4 Å². The Morgan fingerprint density at radius 3 is 2.67 bits per heavy atom. The third-order valence-electron chi connectivity index (χ3n) is 2.19. The van der Waals surface area contributed by atoms with Gasteiger partial charge in [-0.25, -0.2) is 4.98 Å². The minimum Gasteiger partial charge on any atom is -0.334 e. The van der Waals surface area contributed by atoms with E-state index in [-0.39, 0.29) is 6.04 Å². The molecule has 0 fully saturated rings. The van der Waals surface area contributed by atoms with Crippen LogP contribution in [0.3, 0.4) is 0 Å². The van der Waals surface area contributed by atoms with Crippen molar-refractivity contribution in [1.82, 2.24) is 9.55 Å². The molecule has 1 rings (SSSR count). The van der Waals surface area contributed by atoms with E-state index in [1.165, 1.54) is 0 Å². The Hall–Kier alpha value is -0.830. The van der Waals surface area contributed by atoms with E-state index < -0.39 is 0 Å². The highest BCUT2D eigenvalue weighted by Gasteiger charge is 2.08. The summed E-state index contributed by atoms with van der Waals surface area (Å²) in [6.07, 6.45) is 3.78. The van der Waals surface area contributed by atoms with Gasteiger partial charge in [0.2, 0.25) is 0 Å². The maximum atomic E-state index is 5.93. The quantitative estimate of drug-likeness (QED) is 0.734. The molecule has 2 N–H and O–H groups in total. The van der Waals surface area contributed by atoms with Crippen LogP contribution < -0.4 is 5.73 Å². The van der Waals surface area contributed by atoms with Gasteiger partial charge < -0.3 is 10.3 Å². The van der Waals surface area contributed by atoms with Crippen molar-refractivity contribution in [2.45, 2.75) is 33.4 Å². The summed E-state index contributed by atoms with van der Waals surface area (Å²) in [7, 11) is 0. The molecule has 0 spiro atoms. The molecule has 12 heavy (non-hydrogen) atoms. The Morgan fingerprint density at radius 2 is 2.25 bits per heavy atom. The first-order valence-electron chi connectivity index (χ1n) is 4.34. The van der Waals surface area contributed by atoms with Crippen LogP contribution >= 0.6 is 0 Å². The van der Waals surface area contributed by atoms with Crippen LogP contribution in [0.5, 0.6) is 0 Å². The van der Waals surface area contributed by atoms with Gasteiger partial charge in [0, 0.05) is 25.0 Å². The van der Waals surface area contributed by atoms with E-state index in [1.807, 2.05) is 19.3 Å². The summed E-state index contributed by atoms with van der Waals surface area (Å²) in [5.74, 6) is 1.55. The molecular formula is C9H17N3. The minimum atomic E-state index is 0.220. The van der Waals surface area contributed by atoms with Crippen LogP contribution in [0.25, 0.3) is 0 Å². The number of hydrogen-bond acceptors (Lipinski definition) is 2. The van der Waals surface area contributed by atoms with Gasteiger partial charge in [0.1, 0.15) is 5.82 Å². The smallest absolute Gasteiger partial charge is 0.105 e. The number of imidazole rings is 1. The zero-order chi connectivity index (χ0) is 9.14. The highest BCUT2D eigenvalue weighted by atomic mass is 15.1. The van der Waals surface area contributed by atoms with Crippen molar-refractivity contribution in [3.05, 3.63) is 18.2 Å². The molecule has 0 aliphatic carbocycles. The van der Waals surface area contributed by atoms with E-state index in [9.17, 15) is 0 Å². The number of aryl methyl sites for hydroxylation is 1. The topological polar surface area (TPSA) is 43.8 Å². The average molecular weight is 167 g/mol. The molecule has 3 nitrogen and oxygen atoms in total. The molecule has 0 aliphatic rings. The monoisotopic (exact) mass is 167 g/mol. The van der Waals surface area contributed by atoms with Crippen LogP contribution in [0.4, 0.5) is 0 Å². The fourth-order valence-electron chi connectivity index (χ4n) is 1.03. The van der Waals surface area contributed by atoms with Crippen LogP contribution in [0.1, 0.15) is 19.7 Å². The fourth-order valence-corrected chi connectivity index (χ4v) is 1.03. The van der Waals surface area contributed by atoms with E-state index >= 15 is 0 Å².